The van der Waals surface area contributed by atoms with Crippen molar-refractivity contribution in [3.8, 4) is 0 Å². The van der Waals surface area contributed by atoms with Crippen LogP contribution in [0.1, 0.15) is 27.1 Å². The van der Waals surface area contributed by atoms with Crippen LogP contribution >= 0.6 is 23.2 Å². The first-order valence-corrected chi connectivity index (χ1v) is 8.91. The second-order valence-electron chi connectivity index (χ2n) is 6.11. The van der Waals surface area contributed by atoms with Crippen LogP contribution in [-0.2, 0) is 0 Å². The van der Waals surface area contributed by atoms with E-state index in [4.69, 9.17) is 23.2 Å². The molecule has 2 rings (SSSR count). The molecule has 0 saturated carbocycles. The summed E-state index contributed by atoms with van der Waals surface area (Å²) in [6.45, 7) is 1.47. The van der Waals surface area contributed by atoms with Crippen LogP contribution in [0.15, 0.2) is 42.5 Å². The van der Waals surface area contributed by atoms with E-state index in [2.05, 4.69) is 15.5 Å². The Morgan fingerprint density at radius 1 is 0.962 bits per heavy atom. The molecule has 26 heavy (non-hydrogen) atoms. The molecule has 0 fully saturated rings. The zero-order chi connectivity index (χ0) is 19.1. The first-order chi connectivity index (χ1) is 12.3. The fourth-order valence-electron chi connectivity index (χ4n) is 2.33. The highest BCUT2D eigenvalue weighted by Gasteiger charge is 2.11. The van der Waals surface area contributed by atoms with Gasteiger partial charge in [0.1, 0.15) is 0 Å². The number of nitrogens with zero attached hydrogens (tertiary/aromatic N) is 1. The SMILES string of the molecule is CN(C)CCCNC(=O)c1cccc(C(=O)Nc2cc(Cl)cc(Cl)c2)c1. The fourth-order valence-corrected chi connectivity index (χ4v) is 2.86. The van der Waals surface area contributed by atoms with Gasteiger partial charge in [0.05, 0.1) is 0 Å². The van der Waals surface area contributed by atoms with Crippen molar-refractivity contribution in [1.82, 2.24) is 10.2 Å². The summed E-state index contributed by atoms with van der Waals surface area (Å²) in [5.74, 6) is -0.546. The molecule has 138 valence electrons. The van der Waals surface area contributed by atoms with Gasteiger partial charge in [-0.05, 0) is 63.5 Å². The molecule has 2 aromatic rings. The summed E-state index contributed by atoms with van der Waals surface area (Å²) in [6.07, 6.45) is 0.856. The number of hydrogen-bond donors (Lipinski definition) is 2. The van der Waals surface area contributed by atoms with Gasteiger partial charge >= 0.3 is 0 Å². The highest BCUT2D eigenvalue weighted by atomic mass is 35.5. The molecule has 2 amide bonds. The smallest absolute Gasteiger partial charge is 0.255 e. The number of halogens is 2. The Bertz CT molecular complexity index is 774. The topological polar surface area (TPSA) is 61.4 Å². The molecular weight excluding hydrogens is 373 g/mol. The number of hydrogen-bond acceptors (Lipinski definition) is 3. The normalized spacial score (nSPS) is 10.7. The molecule has 0 saturated heterocycles. The summed E-state index contributed by atoms with van der Waals surface area (Å²) >= 11 is 11.9. The van der Waals surface area contributed by atoms with Crippen LogP contribution in [0.2, 0.25) is 10.0 Å². The maximum absolute atomic E-state index is 12.4. The number of anilines is 1. The predicted molar refractivity (Wildman–Crippen MR) is 106 cm³/mol. The third-order valence-electron chi connectivity index (χ3n) is 3.58. The average Bonchev–Trinajstić information content (AvgIpc) is 2.57. The number of carbonyl (C=O) groups excluding carboxylic acids is 2. The van der Waals surface area contributed by atoms with Crippen molar-refractivity contribution in [2.45, 2.75) is 6.42 Å². The van der Waals surface area contributed by atoms with E-state index in [0.29, 0.717) is 33.4 Å². The van der Waals surface area contributed by atoms with Crippen molar-refractivity contribution in [3.63, 3.8) is 0 Å². The summed E-state index contributed by atoms with van der Waals surface area (Å²) in [4.78, 5) is 26.7. The maximum atomic E-state index is 12.4. The Balaban J connectivity index is 2.01. The van der Waals surface area contributed by atoms with Gasteiger partial charge in [-0.2, -0.15) is 0 Å². The van der Waals surface area contributed by atoms with E-state index in [1.165, 1.54) is 0 Å². The molecular formula is C19H21Cl2N3O2. The standard InChI is InChI=1S/C19H21Cl2N3O2/c1-24(2)8-4-7-22-18(25)13-5-3-6-14(9-13)19(26)23-17-11-15(20)10-16(21)12-17/h3,5-6,9-12H,4,7-8H2,1-2H3,(H,22,25)(H,23,26). The quantitative estimate of drug-likeness (QED) is 0.700. The molecule has 2 N–H and O–H groups in total. The van der Waals surface area contributed by atoms with E-state index in [-0.39, 0.29) is 11.8 Å². The lowest BCUT2D eigenvalue weighted by Crippen LogP contribution is -2.27. The lowest BCUT2D eigenvalue weighted by atomic mass is 10.1. The molecule has 5 nitrogen and oxygen atoms in total. The average molecular weight is 394 g/mol. The zero-order valence-corrected chi connectivity index (χ0v) is 16.2. The first-order valence-electron chi connectivity index (χ1n) is 8.15. The Morgan fingerprint density at radius 2 is 1.58 bits per heavy atom. The van der Waals surface area contributed by atoms with Gasteiger partial charge in [0.15, 0.2) is 0 Å². The van der Waals surface area contributed by atoms with Crippen LogP contribution in [-0.4, -0.2) is 43.9 Å². The second kappa shape index (κ2) is 9.57. The number of amides is 2. The monoisotopic (exact) mass is 393 g/mol. The first kappa shape index (κ1) is 20.2. The maximum Gasteiger partial charge on any atom is 0.255 e. The minimum atomic E-state index is -0.342. The van der Waals surface area contributed by atoms with Crippen molar-refractivity contribution in [3.05, 3.63) is 63.6 Å². The largest absolute Gasteiger partial charge is 0.352 e. The van der Waals surface area contributed by atoms with Gasteiger partial charge in [-0.25, -0.2) is 0 Å². The molecule has 0 spiro atoms. The molecule has 0 heterocycles. The summed E-state index contributed by atoms with van der Waals surface area (Å²) in [7, 11) is 3.97. The van der Waals surface area contributed by atoms with E-state index < -0.39 is 0 Å². The Kier molecular flexibility index (Phi) is 7.45. The fraction of sp³-hybridized carbons (Fsp3) is 0.263. The summed E-state index contributed by atoms with van der Waals surface area (Å²) < 4.78 is 0. The molecule has 0 bridgehead atoms. The van der Waals surface area contributed by atoms with Gasteiger partial charge in [0.2, 0.25) is 0 Å². The van der Waals surface area contributed by atoms with Crippen molar-refractivity contribution in [2.24, 2.45) is 0 Å². The van der Waals surface area contributed by atoms with Crippen molar-refractivity contribution >= 4 is 40.7 Å². The minimum absolute atomic E-state index is 0.204. The molecule has 0 radical (unpaired) electrons. The summed E-state index contributed by atoms with van der Waals surface area (Å²) in [6, 6.07) is 11.3. The zero-order valence-electron chi connectivity index (χ0n) is 14.7. The van der Waals surface area contributed by atoms with Crippen LogP contribution < -0.4 is 10.6 Å². The van der Waals surface area contributed by atoms with Crippen LogP contribution in [0, 0.1) is 0 Å². The van der Waals surface area contributed by atoms with Gasteiger partial charge in [0.25, 0.3) is 11.8 Å². The number of rotatable bonds is 7. The molecule has 0 aliphatic carbocycles. The van der Waals surface area contributed by atoms with Gasteiger partial charge < -0.3 is 15.5 Å². The van der Waals surface area contributed by atoms with Crippen LogP contribution in [0.5, 0.6) is 0 Å². The van der Waals surface area contributed by atoms with Gasteiger partial charge in [-0.3, -0.25) is 9.59 Å². The van der Waals surface area contributed by atoms with Crippen molar-refractivity contribution in [2.75, 3.05) is 32.5 Å². The van der Waals surface area contributed by atoms with Crippen LogP contribution in [0.25, 0.3) is 0 Å². The highest BCUT2D eigenvalue weighted by Crippen LogP contribution is 2.23. The van der Waals surface area contributed by atoms with Crippen molar-refractivity contribution < 1.29 is 9.59 Å². The second-order valence-corrected chi connectivity index (χ2v) is 6.98. The van der Waals surface area contributed by atoms with Gasteiger partial charge in [-0.15, -0.1) is 0 Å². The molecule has 0 aliphatic heterocycles. The third-order valence-corrected chi connectivity index (χ3v) is 4.01. The Hall–Kier alpha value is -2.08. The van der Waals surface area contributed by atoms with Crippen LogP contribution in [0.3, 0.4) is 0 Å². The van der Waals surface area contributed by atoms with E-state index >= 15 is 0 Å². The Labute approximate surface area is 163 Å². The molecule has 0 aromatic heterocycles. The number of carbonyl (C=O) groups is 2. The van der Waals surface area contributed by atoms with Crippen LogP contribution in [0.4, 0.5) is 5.69 Å². The summed E-state index contributed by atoms with van der Waals surface area (Å²) in [5.41, 5.74) is 1.31. The van der Waals surface area contributed by atoms with E-state index in [1.807, 2.05) is 14.1 Å². The third kappa shape index (κ3) is 6.33. The molecule has 0 unspecified atom stereocenters. The molecule has 0 atom stereocenters. The molecule has 0 aliphatic rings. The number of nitrogens with one attached hydrogen (secondary N) is 2. The van der Waals surface area contributed by atoms with Gasteiger partial charge in [0, 0.05) is 33.4 Å². The minimum Gasteiger partial charge on any atom is -0.352 e. The Morgan fingerprint density at radius 3 is 2.19 bits per heavy atom. The predicted octanol–water partition coefficient (Wildman–Crippen LogP) is 3.93. The molecule has 7 heteroatoms. The van der Waals surface area contributed by atoms with E-state index in [9.17, 15) is 9.59 Å². The lowest BCUT2D eigenvalue weighted by Gasteiger charge is -2.10. The van der Waals surface area contributed by atoms with E-state index in [1.54, 1.807) is 42.5 Å². The summed E-state index contributed by atoms with van der Waals surface area (Å²) in [5, 5.41) is 6.44. The number of benzene rings is 2. The lowest BCUT2D eigenvalue weighted by molar-refractivity contribution is 0.0952. The van der Waals surface area contributed by atoms with Gasteiger partial charge in [-0.1, -0.05) is 29.3 Å². The highest BCUT2D eigenvalue weighted by molar-refractivity contribution is 6.35. The molecule has 2 aromatic carbocycles. The van der Waals surface area contributed by atoms with Crippen molar-refractivity contribution in [1.29, 1.82) is 0 Å². The van der Waals surface area contributed by atoms with E-state index in [0.717, 1.165) is 13.0 Å².